The van der Waals surface area contributed by atoms with Gasteiger partial charge in [-0.2, -0.15) is 0 Å². The molecule has 0 heterocycles. The van der Waals surface area contributed by atoms with Gasteiger partial charge in [0.1, 0.15) is 0 Å². The van der Waals surface area contributed by atoms with E-state index >= 15 is 0 Å². The van der Waals surface area contributed by atoms with Gasteiger partial charge in [-0.3, -0.25) is 0 Å². The smallest absolute Gasteiger partial charge is 0.373 e. The molecule has 16 heavy (non-hydrogen) atoms. The fourth-order valence-corrected chi connectivity index (χ4v) is 4.82. The standard InChI is InChI=1S/C12H28O3Si/c1-8-13-16(14-9-2,15-10-3)12(6,7)11(4)5/h11H,8-10H2,1-7H3. The van der Waals surface area contributed by atoms with Gasteiger partial charge in [0.05, 0.1) is 0 Å². The van der Waals surface area contributed by atoms with E-state index in [4.69, 9.17) is 13.3 Å². The predicted molar refractivity (Wildman–Crippen MR) is 69.5 cm³/mol. The molecule has 4 heteroatoms. The summed E-state index contributed by atoms with van der Waals surface area (Å²) >= 11 is 0. The Balaban J connectivity index is 5.12. The second-order valence-electron chi connectivity index (χ2n) is 4.73. The lowest BCUT2D eigenvalue weighted by molar-refractivity contribution is 0.0398. The van der Waals surface area contributed by atoms with E-state index in [2.05, 4.69) is 27.7 Å². The highest BCUT2D eigenvalue weighted by Gasteiger charge is 2.56. The van der Waals surface area contributed by atoms with Crippen LogP contribution in [0.15, 0.2) is 0 Å². The van der Waals surface area contributed by atoms with Crippen LogP contribution in [0.5, 0.6) is 0 Å². The summed E-state index contributed by atoms with van der Waals surface area (Å²) in [6, 6.07) is 0. The maximum Gasteiger partial charge on any atom is 0.507 e. The maximum atomic E-state index is 5.93. The molecule has 0 rings (SSSR count). The molecule has 0 aliphatic heterocycles. The summed E-state index contributed by atoms with van der Waals surface area (Å²) in [5.41, 5.74) is 0. The SMILES string of the molecule is CCO[Si](OCC)(OCC)C(C)(C)C(C)C. The van der Waals surface area contributed by atoms with Crippen LogP contribution in [-0.2, 0) is 13.3 Å². The minimum absolute atomic E-state index is 0.0605. The summed E-state index contributed by atoms with van der Waals surface area (Å²) in [5, 5.41) is -0.0605. The molecule has 0 N–H and O–H groups in total. The van der Waals surface area contributed by atoms with Gasteiger partial charge in [-0.1, -0.05) is 27.7 Å². The molecule has 0 aromatic rings. The van der Waals surface area contributed by atoms with Crippen molar-refractivity contribution in [3.8, 4) is 0 Å². The summed E-state index contributed by atoms with van der Waals surface area (Å²) in [5.74, 6) is 0.462. The van der Waals surface area contributed by atoms with Crippen molar-refractivity contribution < 1.29 is 13.3 Å². The number of hydrogen-bond donors (Lipinski definition) is 0. The third-order valence-corrected chi connectivity index (χ3v) is 7.40. The quantitative estimate of drug-likeness (QED) is 0.616. The second kappa shape index (κ2) is 6.74. The second-order valence-corrected chi connectivity index (χ2v) is 8.00. The van der Waals surface area contributed by atoms with Crippen molar-refractivity contribution in [2.75, 3.05) is 19.8 Å². The van der Waals surface area contributed by atoms with Crippen LogP contribution in [0.2, 0.25) is 5.04 Å². The molecule has 0 saturated heterocycles. The maximum absolute atomic E-state index is 5.93. The van der Waals surface area contributed by atoms with Crippen molar-refractivity contribution in [1.29, 1.82) is 0 Å². The Bertz CT molecular complexity index is 176. The summed E-state index contributed by atoms with van der Waals surface area (Å²) in [6.07, 6.45) is 0. The lowest BCUT2D eigenvalue weighted by Crippen LogP contribution is -2.56. The van der Waals surface area contributed by atoms with Crippen LogP contribution in [0.25, 0.3) is 0 Å². The monoisotopic (exact) mass is 248 g/mol. The largest absolute Gasteiger partial charge is 0.507 e. The van der Waals surface area contributed by atoms with Gasteiger partial charge < -0.3 is 13.3 Å². The van der Waals surface area contributed by atoms with Gasteiger partial charge in [0.2, 0.25) is 0 Å². The molecule has 0 amide bonds. The Morgan fingerprint density at radius 2 is 1.19 bits per heavy atom. The highest BCUT2D eigenvalue weighted by molar-refractivity contribution is 6.64. The molecule has 0 aliphatic rings. The van der Waals surface area contributed by atoms with Crippen molar-refractivity contribution in [3.63, 3.8) is 0 Å². The summed E-state index contributed by atoms with van der Waals surface area (Å²) in [6.45, 7) is 16.7. The first kappa shape index (κ1) is 16.1. The summed E-state index contributed by atoms with van der Waals surface area (Å²) < 4.78 is 17.8. The average Bonchev–Trinajstić information content (AvgIpc) is 2.18. The average molecular weight is 248 g/mol. The highest BCUT2D eigenvalue weighted by Crippen LogP contribution is 2.45. The molecule has 0 aliphatic carbocycles. The van der Waals surface area contributed by atoms with Crippen LogP contribution in [0.4, 0.5) is 0 Å². The molecule has 0 radical (unpaired) electrons. The van der Waals surface area contributed by atoms with Gasteiger partial charge in [0, 0.05) is 24.9 Å². The Labute approximate surface area is 102 Å². The molecule has 0 atom stereocenters. The Kier molecular flexibility index (Phi) is 6.78. The van der Waals surface area contributed by atoms with Crippen LogP contribution < -0.4 is 0 Å². The van der Waals surface area contributed by atoms with Gasteiger partial charge in [0.25, 0.3) is 0 Å². The Morgan fingerprint density at radius 3 is 1.38 bits per heavy atom. The van der Waals surface area contributed by atoms with E-state index in [1.54, 1.807) is 0 Å². The summed E-state index contributed by atoms with van der Waals surface area (Å²) in [4.78, 5) is 0. The first-order valence-electron chi connectivity index (χ1n) is 6.29. The molecule has 0 spiro atoms. The van der Waals surface area contributed by atoms with Crippen molar-refractivity contribution in [2.24, 2.45) is 5.92 Å². The van der Waals surface area contributed by atoms with Crippen molar-refractivity contribution in [1.82, 2.24) is 0 Å². The van der Waals surface area contributed by atoms with Crippen molar-refractivity contribution in [2.45, 2.75) is 53.5 Å². The molecule has 98 valence electrons. The molecule has 0 saturated carbocycles. The Morgan fingerprint density at radius 1 is 0.875 bits per heavy atom. The van der Waals surface area contributed by atoms with Gasteiger partial charge in [0.15, 0.2) is 0 Å². The van der Waals surface area contributed by atoms with Crippen LogP contribution in [-0.4, -0.2) is 28.6 Å². The van der Waals surface area contributed by atoms with Gasteiger partial charge in [-0.25, -0.2) is 0 Å². The third-order valence-electron chi connectivity index (χ3n) is 3.24. The minimum atomic E-state index is -2.59. The molecule has 0 fully saturated rings. The molecule has 3 nitrogen and oxygen atoms in total. The molecule has 0 aromatic heterocycles. The molecule has 0 unspecified atom stereocenters. The zero-order valence-corrected chi connectivity index (χ0v) is 12.9. The van der Waals surface area contributed by atoms with Crippen molar-refractivity contribution >= 4 is 8.80 Å². The predicted octanol–water partition coefficient (Wildman–Crippen LogP) is 3.47. The van der Waals surface area contributed by atoms with Gasteiger partial charge in [-0.05, 0) is 26.7 Å². The fourth-order valence-electron chi connectivity index (χ4n) is 1.61. The molecule has 0 bridgehead atoms. The van der Waals surface area contributed by atoms with E-state index in [-0.39, 0.29) is 5.04 Å². The highest BCUT2D eigenvalue weighted by atomic mass is 28.4. The van der Waals surface area contributed by atoms with Gasteiger partial charge in [-0.15, -0.1) is 0 Å². The number of rotatable bonds is 8. The van der Waals surface area contributed by atoms with E-state index in [0.717, 1.165) is 0 Å². The molecular formula is C12H28O3Si. The minimum Gasteiger partial charge on any atom is -0.373 e. The fraction of sp³-hybridized carbons (Fsp3) is 1.00. The van der Waals surface area contributed by atoms with Crippen LogP contribution >= 0.6 is 0 Å². The van der Waals surface area contributed by atoms with Crippen LogP contribution in [0.3, 0.4) is 0 Å². The van der Waals surface area contributed by atoms with Crippen LogP contribution in [0.1, 0.15) is 48.5 Å². The molecule has 0 aromatic carbocycles. The zero-order valence-electron chi connectivity index (χ0n) is 11.9. The first-order chi connectivity index (χ1) is 7.38. The van der Waals surface area contributed by atoms with E-state index in [0.29, 0.717) is 25.7 Å². The van der Waals surface area contributed by atoms with E-state index in [9.17, 15) is 0 Å². The van der Waals surface area contributed by atoms with E-state index < -0.39 is 8.80 Å². The third kappa shape index (κ3) is 3.29. The lowest BCUT2D eigenvalue weighted by Gasteiger charge is -2.43. The van der Waals surface area contributed by atoms with E-state index in [1.165, 1.54) is 0 Å². The van der Waals surface area contributed by atoms with Gasteiger partial charge >= 0.3 is 8.80 Å². The molecular weight excluding hydrogens is 220 g/mol. The lowest BCUT2D eigenvalue weighted by atomic mass is 9.99. The van der Waals surface area contributed by atoms with E-state index in [1.807, 2.05) is 20.8 Å². The van der Waals surface area contributed by atoms with Crippen molar-refractivity contribution in [3.05, 3.63) is 0 Å². The number of hydrogen-bond acceptors (Lipinski definition) is 3. The van der Waals surface area contributed by atoms with Crippen LogP contribution in [0, 0.1) is 5.92 Å². The first-order valence-corrected chi connectivity index (χ1v) is 8.02. The normalized spacial score (nSPS) is 13.5. The zero-order chi connectivity index (χ0) is 12.8. The Hall–Kier alpha value is 0.0969. The topological polar surface area (TPSA) is 27.7 Å². The summed E-state index contributed by atoms with van der Waals surface area (Å²) in [7, 11) is -2.59.